The van der Waals surface area contributed by atoms with Crippen LogP contribution in [0.15, 0.2) is 179 Å². The fraction of sp³-hybridized carbons (Fsp3) is 0. The van der Waals surface area contributed by atoms with Gasteiger partial charge in [-0.05, 0) is 89.6 Å². The smallest absolute Gasteiger partial charge is 0.137 e. The molecule has 4 nitrogen and oxygen atoms in total. The van der Waals surface area contributed by atoms with Gasteiger partial charge in [-0.25, -0.2) is 0 Å². The Bertz CT molecular complexity index is 3110. The summed E-state index contributed by atoms with van der Waals surface area (Å²) in [6.07, 6.45) is 0. The molecule has 0 bridgehead atoms. The highest BCUT2D eigenvalue weighted by molar-refractivity contribution is 6.13. The summed E-state index contributed by atoms with van der Waals surface area (Å²) in [6, 6.07) is 60.2. The van der Waals surface area contributed by atoms with E-state index in [1.807, 2.05) is 12.1 Å². The van der Waals surface area contributed by atoms with Crippen LogP contribution in [0.4, 0.5) is 17.1 Å². The van der Waals surface area contributed by atoms with Gasteiger partial charge >= 0.3 is 0 Å². The van der Waals surface area contributed by atoms with Crippen molar-refractivity contribution in [3.63, 3.8) is 0 Å². The Morgan fingerprint density at radius 1 is 0.340 bits per heavy atom. The SMILES string of the molecule is c1ccc(-n2c3ccccc3c3ccc(N(c4ccc5c(c4)oc4ccccc45)c4ccc5oc6cc7ccccc7cc6c5c4)cc32)cc1. The predicted molar refractivity (Wildman–Crippen MR) is 208 cm³/mol. The van der Waals surface area contributed by atoms with E-state index in [0.717, 1.165) is 72.1 Å². The van der Waals surface area contributed by atoms with Crippen molar-refractivity contribution < 1.29 is 8.83 Å². The van der Waals surface area contributed by atoms with E-state index < -0.39 is 0 Å². The molecule has 11 rings (SSSR count). The number of furan rings is 2. The zero-order valence-corrected chi connectivity index (χ0v) is 26.9. The minimum atomic E-state index is 0.856. The summed E-state index contributed by atoms with van der Waals surface area (Å²) in [4.78, 5) is 2.33. The second-order valence-corrected chi connectivity index (χ2v) is 13.0. The highest BCUT2D eigenvalue weighted by Crippen LogP contribution is 2.43. The van der Waals surface area contributed by atoms with Crippen molar-refractivity contribution in [2.75, 3.05) is 4.90 Å². The first-order valence-corrected chi connectivity index (χ1v) is 16.9. The Labute approximate surface area is 286 Å². The van der Waals surface area contributed by atoms with Crippen molar-refractivity contribution in [1.82, 2.24) is 4.57 Å². The molecule has 4 heteroatoms. The molecule has 11 aromatic rings. The molecule has 0 saturated heterocycles. The zero-order chi connectivity index (χ0) is 32.8. The van der Waals surface area contributed by atoms with Crippen molar-refractivity contribution in [3.05, 3.63) is 170 Å². The van der Waals surface area contributed by atoms with Crippen LogP contribution in [0.5, 0.6) is 0 Å². The number of aromatic nitrogens is 1. The van der Waals surface area contributed by atoms with Crippen LogP contribution in [0, 0.1) is 0 Å². The molecule has 0 N–H and O–H groups in total. The molecular weight excluding hydrogens is 613 g/mol. The molecule has 3 aromatic heterocycles. The van der Waals surface area contributed by atoms with E-state index in [1.54, 1.807) is 0 Å². The number of rotatable bonds is 4. The van der Waals surface area contributed by atoms with Gasteiger partial charge in [0.05, 0.1) is 11.0 Å². The number of fused-ring (bicyclic) bond motifs is 10. The maximum Gasteiger partial charge on any atom is 0.137 e. The Morgan fingerprint density at radius 3 is 1.76 bits per heavy atom. The maximum atomic E-state index is 6.42. The third-order valence-corrected chi connectivity index (χ3v) is 10.1. The lowest BCUT2D eigenvalue weighted by molar-refractivity contribution is 0.668. The zero-order valence-electron chi connectivity index (χ0n) is 26.9. The van der Waals surface area contributed by atoms with E-state index in [2.05, 4.69) is 167 Å². The highest BCUT2D eigenvalue weighted by Gasteiger charge is 2.20. The van der Waals surface area contributed by atoms with Crippen LogP contribution in [-0.4, -0.2) is 4.57 Å². The van der Waals surface area contributed by atoms with Crippen molar-refractivity contribution in [2.24, 2.45) is 0 Å². The molecule has 234 valence electrons. The molecule has 0 fully saturated rings. The number of anilines is 3. The lowest BCUT2D eigenvalue weighted by Crippen LogP contribution is -2.10. The summed E-state index contributed by atoms with van der Waals surface area (Å²) in [5, 5.41) is 9.21. The van der Waals surface area contributed by atoms with Crippen molar-refractivity contribution in [3.8, 4) is 5.69 Å². The van der Waals surface area contributed by atoms with E-state index in [4.69, 9.17) is 8.83 Å². The van der Waals surface area contributed by atoms with Gasteiger partial charge in [0, 0.05) is 61.1 Å². The Morgan fingerprint density at radius 2 is 0.900 bits per heavy atom. The van der Waals surface area contributed by atoms with Crippen LogP contribution in [0.25, 0.3) is 82.1 Å². The van der Waals surface area contributed by atoms with E-state index in [9.17, 15) is 0 Å². The average Bonchev–Trinajstić information content (AvgIpc) is 3.83. The summed E-state index contributed by atoms with van der Waals surface area (Å²) in [5.74, 6) is 0. The van der Waals surface area contributed by atoms with Crippen LogP contribution >= 0.6 is 0 Å². The minimum absolute atomic E-state index is 0.856. The van der Waals surface area contributed by atoms with Gasteiger partial charge in [0.1, 0.15) is 22.3 Å². The molecule has 0 radical (unpaired) electrons. The third kappa shape index (κ3) is 3.99. The van der Waals surface area contributed by atoms with Gasteiger partial charge in [-0.3, -0.25) is 0 Å². The molecule has 0 aliphatic carbocycles. The quantitative estimate of drug-likeness (QED) is 0.192. The first kappa shape index (κ1) is 27.2. The minimum Gasteiger partial charge on any atom is -0.456 e. The molecule has 0 spiro atoms. The second kappa shape index (κ2) is 10.4. The molecule has 0 unspecified atom stereocenters. The van der Waals surface area contributed by atoms with Gasteiger partial charge < -0.3 is 18.3 Å². The van der Waals surface area contributed by atoms with Crippen LogP contribution in [-0.2, 0) is 0 Å². The lowest BCUT2D eigenvalue weighted by Gasteiger charge is -2.26. The molecule has 0 atom stereocenters. The molecule has 0 aliphatic rings. The van der Waals surface area contributed by atoms with E-state index in [1.165, 1.54) is 27.1 Å². The lowest BCUT2D eigenvalue weighted by atomic mass is 10.1. The predicted octanol–water partition coefficient (Wildman–Crippen LogP) is 13.2. The van der Waals surface area contributed by atoms with Crippen molar-refractivity contribution in [1.29, 1.82) is 0 Å². The van der Waals surface area contributed by atoms with E-state index >= 15 is 0 Å². The molecule has 3 heterocycles. The van der Waals surface area contributed by atoms with Crippen molar-refractivity contribution in [2.45, 2.75) is 0 Å². The summed E-state index contributed by atoms with van der Waals surface area (Å²) < 4.78 is 15.2. The van der Waals surface area contributed by atoms with Crippen LogP contribution in [0.2, 0.25) is 0 Å². The second-order valence-electron chi connectivity index (χ2n) is 13.0. The van der Waals surface area contributed by atoms with Crippen LogP contribution in [0.3, 0.4) is 0 Å². The Kier molecular flexibility index (Phi) is 5.63. The number of hydrogen-bond acceptors (Lipinski definition) is 3. The molecule has 0 saturated carbocycles. The third-order valence-electron chi connectivity index (χ3n) is 10.1. The van der Waals surface area contributed by atoms with Crippen LogP contribution < -0.4 is 4.90 Å². The van der Waals surface area contributed by atoms with Gasteiger partial charge in [0.2, 0.25) is 0 Å². The molecular formula is C46H28N2O2. The van der Waals surface area contributed by atoms with E-state index in [0.29, 0.717) is 0 Å². The molecule has 0 aliphatic heterocycles. The summed E-state index contributed by atoms with van der Waals surface area (Å²) >= 11 is 0. The monoisotopic (exact) mass is 640 g/mol. The Balaban J connectivity index is 1.18. The molecule has 0 amide bonds. The largest absolute Gasteiger partial charge is 0.456 e. The first-order chi connectivity index (χ1) is 24.8. The van der Waals surface area contributed by atoms with Crippen molar-refractivity contribution >= 4 is 93.5 Å². The highest BCUT2D eigenvalue weighted by atomic mass is 16.3. The molecule has 8 aromatic carbocycles. The summed E-state index contributed by atoms with van der Waals surface area (Å²) in [7, 11) is 0. The standard InChI is InChI=1S/C46H28N2O2/c1-2-12-31(13-3-1)48-41-16-8-6-14-35(41)36-21-18-33(27-42(36)48)47(34-19-22-38-37-15-7-9-17-43(37)49-46(38)28-34)32-20-23-44-40(26-32)39-24-29-10-4-5-11-30(29)25-45(39)50-44/h1-28H. The fourth-order valence-corrected chi connectivity index (χ4v) is 7.84. The topological polar surface area (TPSA) is 34.5 Å². The molecule has 50 heavy (non-hydrogen) atoms. The maximum absolute atomic E-state index is 6.42. The van der Waals surface area contributed by atoms with E-state index in [-0.39, 0.29) is 0 Å². The normalized spacial score (nSPS) is 12.0. The van der Waals surface area contributed by atoms with Gasteiger partial charge in [0.15, 0.2) is 0 Å². The summed E-state index contributed by atoms with van der Waals surface area (Å²) in [6.45, 7) is 0. The van der Waals surface area contributed by atoms with Crippen LogP contribution in [0.1, 0.15) is 0 Å². The number of nitrogens with zero attached hydrogens (tertiary/aromatic N) is 2. The number of benzene rings is 8. The average molecular weight is 641 g/mol. The summed E-state index contributed by atoms with van der Waals surface area (Å²) in [5.41, 5.74) is 10.0. The first-order valence-electron chi connectivity index (χ1n) is 16.9. The number of para-hydroxylation sites is 3. The van der Waals surface area contributed by atoms with Gasteiger partial charge in [-0.1, -0.05) is 84.9 Å². The van der Waals surface area contributed by atoms with Gasteiger partial charge in [-0.15, -0.1) is 0 Å². The Hall–Kier alpha value is -6.78. The van der Waals surface area contributed by atoms with Gasteiger partial charge in [0.25, 0.3) is 0 Å². The van der Waals surface area contributed by atoms with Gasteiger partial charge in [-0.2, -0.15) is 0 Å². The fourth-order valence-electron chi connectivity index (χ4n) is 7.84. The number of hydrogen-bond donors (Lipinski definition) is 0.